The van der Waals surface area contributed by atoms with E-state index in [9.17, 15) is 4.79 Å². The first-order valence-corrected chi connectivity index (χ1v) is 7.68. The summed E-state index contributed by atoms with van der Waals surface area (Å²) in [5.41, 5.74) is 4.63. The van der Waals surface area contributed by atoms with Gasteiger partial charge in [-0.05, 0) is 41.8 Å². The lowest BCUT2D eigenvalue weighted by molar-refractivity contribution is 0.0567. The number of furan rings is 1. The molecule has 0 atom stereocenters. The van der Waals surface area contributed by atoms with Gasteiger partial charge < -0.3 is 14.1 Å². The predicted octanol–water partition coefficient (Wildman–Crippen LogP) is 3.78. The van der Waals surface area contributed by atoms with E-state index in [0.717, 1.165) is 24.9 Å². The second-order valence-corrected chi connectivity index (χ2v) is 5.77. The van der Waals surface area contributed by atoms with Gasteiger partial charge in [0.15, 0.2) is 0 Å². The van der Waals surface area contributed by atoms with E-state index in [4.69, 9.17) is 9.15 Å². The summed E-state index contributed by atoms with van der Waals surface area (Å²) in [5, 5.41) is 0.926. The second-order valence-electron chi connectivity index (χ2n) is 5.77. The fourth-order valence-corrected chi connectivity index (χ4v) is 3.18. The molecule has 0 fully saturated rings. The number of esters is 1. The maximum Gasteiger partial charge on any atom is 0.373 e. The standard InChI is InChI=1S/C19H17NO3/c1-22-19(21)18-11-15-10-13(6-7-17(15)23-18)12-20-9-8-14-4-2-3-5-16(14)20/h2-7,10-11H,8-9,12H2,1H3. The van der Waals surface area contributed by atoms with Crippen molar-refractivity contribution >= 4 is 22.6 Å². The molecule has 3 aromatic rings. The maximum atomic E-state index is 11.6. The number of benzene rings is 2. The van der Waals surface area contributed by atoms with E-state index in [1.165, 1.54) is 23.9 Å². The van der Waals surface area contributed by atoms with E-state index >= 15 is 0 Å². The third-order valence-corrected chi connectivity index (χ3v) is 4.32. The maximum absolute atomic E-state index is 11.6. The molecule has 2 heterocycles. The van der Waals surface area contributed by atoms with Gasteiger partial charge in [0.25, 0.3) is 0 Å². The van der Waals surface area contributed by atoms with Crippen LogP contribution in [0.25, 0.3) is 11.0 Å². The van der Waals surface area contributed by atoms with Crippen LogP contribution in [0.1, 0.15) is 21.7 Å². The van der Waals surface area contributed by atoms with Crippen molar-refractivity contribution in [2.45, 2.75) is 13.0 Å². The Kier molecular flexibility index (Phi) is 3.30. The zero-order chi connectivity index (χ0) is 15.8. The van der Waals surface area contributed by atoms with Crippen LogP contribution in [-0.2, 0) is 17.7 Å². The summed E-state index contributed by atoms with van der Waals surface area (Å²) < 4.78 is 10.2. The Labute approximate surface area is 134 Å². The van der Waals surface area contributed by atoms with Gasteiger partial charge in [0, 0.05) is 24.2 Å². The average Bonchev–Trinajstić information content (AvgIpc) is 3.18. The number of fused-ring (bicyclic) bond motifs is 2. The molecule has 0 unspecified atom stereocenters. The molecule has 0 spiro atoms. The van der Waals surface area contributed by atoms with Crippen molar-refractivity contribution < 1.29 is 13.9 Å². The Morgan fingerprint density at radius 3 is 2.96 bits per heavy atom. The highest BCUT2D eigenvalue weighted by atomic mass is 16.5. The second kappa shape index (κ2) is 5.47. The van der Waals surface area contributed by atoms with Crippen molar-refractivity contribution in [3.8, 4) is 0 Å². The van der Waals surface area contributed by atoms with Crippen molar-refractivity contribution in [2.75, 3.05) is 18.6 Å². The van der Waals surface area contributed by atoms with Gasteiger partial charge in [-0.2, -0.15) is 0 Å². The first-order chi connectivity index (χ1) is 11.2. The summed E-state index contributed by atoms with van der Waals surface area (Å²) in [5.74, 6) is -0.206. The average molecular weight is 307 g/mol. The first kappa shape index (κ1) is 13.9. The monoisotopic (exact) mass is 307 g/mol. The van der Waals surface area contributed by atoms with E-state index in [-0.39, 0.29) is 5.76 Å². The number of para-hydroxylation sites is 1. The minimum atomic E-state index is -0.448. The van der Waals surface area contributed by atoms with Gasteiger partial charge in [0.2, 0.25) is 5.76 Å². The predicted molar refractivity (Wildman–Crippen MR) is 88.7 cm³/mol. The number of anilines is 1. The number of carbonyl (C=O) groups is 1. The Morgan fingerprint density at radius 2 is 2.09 bits per heavy atom. The van der Waals surface area contributed by atoms with Gasteiger partial charge in [-0.3, -0.25) is 0 Å². The van der Waals surface area contributed by atoms with E-state index < -0.39 is 5.97 Å². The van der Waals surface area contributed by atoms with E-state index in [0.29, 0.717) is 5.58 Å². The van der Waals surface area contributed by atoms with Crippen LogP contribution in [-0.4, -0.2) is 19.6 Å². The molecule has 0 bridgehead atoms. The van der Waals surface area contributed by atoms with Crippen LogP contribution in [0.3, 0.4) is 0 Å². The summed E-state index contributed by atoms with van der Waals surface area (Å²) in [6, 6.07) is 16.3. The minimum Gasteiger partial charge on any atom is -0.463 e. The zero-order valence-corrected chi connectivity index (χ0v) is 12.9. The Balaban J connectivity index is 1.61. The van der Waals surface area contributed by atoms with Crippen LogP contribution in [0.4, 0.5) is 5.69 Å². The number of nitrogens with zero attached hydrogens (tertiary/aromatic N) is 1. The van der Waals surface area contributed by atoms with Crippen LogP contribution in [0.15, 0.2) is 52.9 Å². The molecule has 4 nitrogen and oxygen atoms in total. The van der Waals surface area contributed by atoms with Crippen molar-refractivity contribution in [3.05, 3.63) is 65.4 Å². The van der Waals surface area contributed by atoms with Gasteiger partial charge >= 0.3 is 5.97 Å². The normalized spacial score (nSPS) is 13.3. The summed E-state index contributed by atoms with van der Waals surface area (Å²) in [6.45, 7) is 1.89. The van der Waals surface area contributed by atoms with Crippen LogP contribution in [0, 0.1) is 0 Å². The van der Waals surface area contributed by atoms with Crippen LogP contribution < -0.4 is 4.90 Å². The summed E-state index contributed by atoms with van der Waals surface area (Å²) in [4.78, 5) is 13.9. The highest BCUT2D eigenvalue weighted by molar-refractivity contribution is 5.92. The largest absolute Gasteiger partial charge is 0.463 e. The lowest BCUT2D eigenvalue weighted by Gasteiger charge is -2.19. The summed E-state index contributed by atoms with van der Waals surface area (Å²) in [7, 11) is 1.35. The third kappa shape index (κ3) is 2.46. The molecule has 0 aliphatic carbocycles. The summed E-state index contributed by atoms with van der Waals surface area (Å²) in [6.07, 6.45) is 1.09. The quantitative estimate of drug-likeness (QED) is 0.691. The molecule has 0 amide bonds. The van der Waals surface area contributed by atoms with Crippen LogP contribution >= 0.6 is 0 Å². The molecule has 1 aliphatic rings. The van der Waals surface area contributed by atoms with Crippen molar-refractivity contribution in [3.63, 3.8) is 0 Å². The van der Waals surface area contributed by atoms with Crippen molar-refractivity contribution in [2.24, 2.45) is 0 Å². The highest BCUT2D eigenvalue weighted by Crippen LogP contribution is 2.29. The van der Waals surface area contributed by atoms with Crippen molar-refractivity contribution in [1.82, 2.24) is 0 Å². The minimum absolute atomic E-state index is 0.242. The van der Waals surface area contributed by atoms with Crippen LogP contribution in [0.2, 0.25) is 0 Å². The molecule has 0 saturated heterocycles. The van der Waals surface area contributed by atoms with Crippen LogP contribution in [0.5, 0.6) is 0 Å². The van der Waals surface area contributed by atoms with Gasteiger partial charge in [-0.25, -0.2) is 4.79 Å². The molecule has 116 valence electrons. The van der Waals surface area contributed by atoms with Gasteiger partial charge in [-0.1, -0.05) is 24.3 Å². The number of rotatable bonds is 3. The number of ether oxygens (including phenoxy) is 1. The molecule has 1 aliphatic heterocycles. The van der Waals surface area contributed by atoms with E-state index in [1.807, 2.05) is 12.1 Å². The number of carbonyl (C=O) groups excluding carboxylic acids is 1. The molecular weight excluding hydrogens is 290 g/mol. The fraction of sp³-hybridized carbons (Fsp3) is 0.211. The molecule has 2 aromatic carbocycles. The zero-order valence-electron chi connectivity index (χ0n) is 12.9. The summed E-state index contributed by atoms with van der Waals surface area (Å²) >= 11 is 0. The number of hydrogen-bond acceptors (Lipinski definition) is 4. The lowest BCUT2D eigenvalue weighted by Crippen LogP contribution is -2.19. The Morgan fingerprint density at radius 1 is 1.22 bits per heavy atom. The molecular formula is C19H17NO3. The molecule has 0 N–H and O–H groups in total. The Bertz CT molecular complexity index is 881. The Hall–Kier alpha value is -2.75. The topological polar surface area (TPSA) is 42.7 Å². The molecule has 1 aromatic heterocycles. The van der Waals surface area contributed by atoms with E-state index in [2.05, 4.69) is 35.2 Å². The first-order valence-electron chi connectivity index (χ1n) is 7.68. The van der Waals surface area contributed by atoms with Crippen molar-refractivity contribution in [1.29, 1.82) is 0 Å². The van der Waals surface area contributed by atoms with Gasteiger partial charge in [0.05, 0.1) is 7.11 Å². The number of methoxy groups -OCH3 is 1. The fourth-order valence-electron chi connectivity index (χ4n) is 3.18. The third-order valence-electron chi connectivity index (χ3n) is 4.32. The number of hydrogen-bond donors (Lipinski definition) is 0. The highest BCUT2D eigenvalue weighted by Gasteiger charge is 2.19. The van der Waals surface area contributed by atoms with Gasteiger partial charge in [0.1, 0.15) is 5.58 Å². The molecule has 0 radical (unpaired) electrons. The van der Waals surface area contributed by atoms with Gasteiger partial charge in [-0.15, -0.1) is 0 Å². The van der Waals surface area contributed by atoms with E-state index in [1.54, 1.807) is 6.07 Å². The molecule has 4 rings (SSSR count). The molecule has 0 saturated carbocycles. The molecule has 23 heavy (non-hydrogen) atoms. The smallest absolute Gasteiger partial charge is 0.373 e. The SMILES string of the molecule is COC(=O)c1cc2cc(CN3CCc4ccccc43)ccc2o1. The molecule has 4 heteroatoms. The lowest BCUT2D eigenvalue weighted by atomic mass is 10.1.